The van der Waals surface area contributed by atoms with Crippen LogP contribution >= 0.6 is 0 Å². The van der Waals surface area contributed by atoms with E-state index in [0.717, 1.165) is 32.1 Å². The molecule has 0 bridgehead atoms. The summed E-state index contributed by atoms with van der Waals surface area (Å²) < 4.78 is 11.6. The van der Waals surface area contributed by atoms with Gasteiger partial charge in [-0.3, -0.25) is 14.4 Å². The topological polar surface area (TPSA) is 73.0 Å². The molecule has 26 heavy (non-hydrogen) atoms. The number of fused-ring (bicyclic) bond motifs is 4. The third-order valence-corrected chi connectivity index (χ3v) is 8.91. The van der Waals surface area contributed by atoms with Crippen molar-refractivity contribution in [2.24, 2.45) is 28.6 Å². The molecule has 142 valence electrons. The zero-order valence-corrected chi connectivity index (χ0v) is 15.9. The zero-order valence-electron chi connectivity index (χ0n) is 15.9. The number of epoxide rings is 1. The molecule has 0 aromatic carbocycles. The maximum absolute atomic E-state index is 13.3. The quantitative estimate of drug-likeness (QED) is 0.531. The molecule has 5 rings (SSSR count). The summed E-state index contributed by atoms with van der Waals surface area (Å²) in [6.45, 7) is 5.78. The Balaban J connectivity index is 1.49. The fourth-order valence-corrected chi connectivity index (χ4v) is 7.58. The molecule has 5 fully saturated rings. The van der Waals surface area contributed by atoms with Gasteiger partial charge in [0.2, 0.25) is 0 Å². The first-order chi connectivity index (χ1) is 12.2. The molecule has 0 unspecified atom stereocenters. The van der Waals surface area contributed by atoms with Crippen LogP contribution in [-0.4, -0.2) is 35.3 Å². The lowest BCUT2D eigenvalue weighted by molar-refractivity contribution is -0.161. The van der Waals surface area contributed by atoms with Gasteiger partial charge in [0, 0.05) is 30.6 Å². The molecule has 5 heteroatoms. The molecule has 1 heterocycles. The van der Waals surface area contributed by atoms with Crippen LogP contribution in [0.5, 0.6) is 0 Å². The van der Waals surface area contributed by atoms with Crippen molar-refractivity contribution < 1.29 is 23.9 Å². The second-order valence-corrected chi connectivity index (χ2v) is 9.80. The van der Waals surface area contributed by atoms with Crippen LogP contribution in [0.1, 0.15) is 65.7 Å². The normalized spacial score (nSPS) is 54.7. The molecule has 8 atom stereocenters. The second-order valence-electron chi connectivity index (χ2n) is 9.80. The molecule has 0 radical (unpaired) electrons. The van der Waals surface area contributed by atoms with Crippen LogP contribution in [0.2, 0.25) is 0 Å². The molecule has 5 aliphatic rings. The number of ketones is 2. The van der Waals surface area contributed by atoms with E-state index in [0.29, 0.717) is 36.4 Å². The lowest BCUT2D eigenvalue weighted by Gasteiger charge is -2.57. The van der Waals surface area contributed by atoms with Crippen molar-refractivity contribution in [3.05, 3.63) is 0 Å². The molecule has 1 saturated heterocycles. The number of hydrogen-bond donors (Lipinski definition) is 0. The van der Waals surface area contributed by atoms with Crippen LogP contribution in [0.15, 0.2) is 0 Å². The lowest BCUT2D eigenvalue weighted by atomic mass is 9.44. The molecule has 4 aliphatic carbocycles. The van der Waals surface area contributed by atoms with Gasteiger partial charge in [-0.2, -0.15) is 0 Å². The van der Waals surface area contributed by atoms with Crippen LogP contribution < -0.4 is 0 Å². The summed E-state index contributed by atoms with van der Waals surface area (Å²) in [5.74, 6) is 1.36. The van der Waals surface area contributed by atoms with Gasteiger partial charge < -0.3 is 9.47 Å². The Labute approximate surface area is 154 Å². The molecule has 0 aromatic heterocycles. The van der Waals surface area contributed by atoms with Crippen molar-refractivity contribution in [3.63, 3.8) is 0 Å². The Morgan fingerprint density at radius 2 is 1.85 bits per heavy atom. The third-order valence-electron chi connectivity index (χ3n) is 8.91. The number of Topliss-reactive ketones (excluding diaryl/α,β-unsaturated/α-hetero) is 2. The molecule has 1 aliphatic heterocycles. The van der Waals surface area contributed by atoms with Crippen molar-refractivity contribution in [1.82, 2.24) is 0 Å². The fraction of sp³-hybridized carbons (Fsp3) is 0.857. The summed E-state index contributed by atoms with van der Waals surface area (Å²) in [6, 6.07) is 0. The largest absolute Gasteiger partial charge is 0.460 e. The van der Waals surface area contributed by atoms with Gasteiger partial charge in [0.15, 0.2) is 11.4 Å². The van der Waals surface area contributed by atoms with E-state index in [-0.39, 0.29) is 34.8 Å². The molecular weight excluding hydrogens is 332 g/mol. The highest BCUT2D eigenvalue weighted by atomic mass is 16.7. The van der Waals surface area contributed by atoms with Gasteiger partial charge in [0.1, 0.15) is 18.0 Å². The van der Waals surface area contributed by atoms with Gasteiger partial charge in [0.25, 0.3) is 0 Å². The first-order valence-electron chi connectivity index (χ1n) is 10.2. The fourth-order valence-electron chi connectivity index (χ4n) is 7.58. The monoisotopic (exact) mass is 360 g/mol. The standard InChI is InChI=1S/C21H28O5/c1-11(22)25-15-7-9-20(3)14-6-8-19(2)13(4-5-16(19)23)12(14)10-17(24)21(20)18(15)26-21/h12-15,18H,4-10H2,1-3H3/t12-,13-,14-,15-,18-,19-,20+,21-/m0/s1. The Kier molecular flexibility index (Phi) is 3.24. The number of hydrogen-bond acceptors (Lipinski definition) is 5. The van der Waals surface area contributed by atoms with E-state index in [1.807, 2.05) is 0 Å². The van der Waals surface area contributed by atoms with Gasteiger partial charge in [-0.05, 0) is 49.9 Å². The van der Waals surface area contributed by atoms with E-state index in [1.54, 1.807) is 0 Å². The SMILES string of the molecule is CC(=O)O[C@H]1CC[C@]2(C)[C@H]3CC[C@]4(C)C(=O)CC[C@H]4[C@@H]3CC(=O)[C@@]23O[C@@H]13. The molecule has 0 N–H and O–H groups in total. The average Bonchev–Trinajstić information content (AvgIpc) is 3.27. The highest BCUT2D eigenvalue weighted by molar-refractivity contribution is 5.94. The van der Waals surface area contributed by atoms with Crippen LogP contribution in [0.4, 0.5) is 0 Å². The van der Waals surface area contributed by atoms with Crippen molar-refractivity contribution in [3.8, 4) is 0 Å². The molecule has 5 nitrogen and oxygen atoms in total. The van der Waals surface area contributed by atoms with Crippen LogP contribution in [0, 0.1) is 28.6 Å². The van der Waals surface area contributed by atoms with Gasteiger partial charge >= 0.3 is 5.97 Å². The first-order valence-corrected chi connectivity index (χ1v) is 10.2. The number of ether oxygens (including phenoxy) is 2. The Bertz CT molecular complexity index is 715. The average molecular weight is 360 g/mol. The summed E-state index contributed by atoms with van der Waals surface area (Å²) >= 11 is 0. The second kappa shape index (κ2) is 4.98. The minimum absolute atomic E-state index is 0.187. The maximum Gasteiger partial charge on any atom is 0.302 e. The van der Waals surface area contributed by atoms with Crippen molar-refractivity contribution in [1.29, 1.82) is 0 Å². The van der Waals surface area contributed by atoms with E-state index in [1.165, 1.54) is 6.92 Å². The van der Waals surface area contributed by atoms with E-state index in [2.05, 4.69) is 13.8 Å². The van der Waals surface area contributed by atoms with E-state index >= 15 is 0 Å². The Morgan fingerprint density at radius 1 is 1.08 bits per heavy atom. The summed E-state index contributed by atoms with van der Waals surface area (Å²) in [5, 5.41) is 0. The van der Waals surface area contributed by atoms with Gasteiger partial charge in [-0.1, -0.05) is 13.8 Å². The number of carbonyl (C=O) groups is 3. The molecule has 0 aromatic rings. The predicted octanol–water partition coefficient (Wildman–Crippen LogP) is 2.84. The predicted molar refractivity (Wildman–Crippen MR) is 92.2 cm³/mol. The Hall–Kier alpha value is -1.23. The minimum Gasteiger partial charge on any atom is -0.460 e. The highest BCUT2D eigenvalue weighted by Gasteiger charge is 2.80. The maximum atomic E-state index is 13.3. The van der Waals surface area contributed by atoms with Crippen LogP contribution in [0.3, 0.4) is 0 Å². The van der Waals surface area contributed by atoms with Gasteiger partial charge in [-0.25, -0.2) is 0 Å². The summed E-state index contributed by atoms with van der Waals surface area (Å²) in [6.07, 6.45) is 5.14. The number of rotatable bonds is 1. The van der Waals surface area contributed by atoms with Crippen LogP contribution in [-0.2, 0) is 23.9 Å². The molecule has 1 spiro atoms. The van der Waals surface area contributed by atoms with E-state index < -0.39 is 5.60 Å². The third kappa shape index (κ3) is 1.78. The Morgan fingerprint density at radius 3 is 2.58 bits per heavy atom. The first kappa shape index (κ1) is 16.9. The minimum atomic E-state index is -0.747. The molecule has 0 amide bonds. The van der Waals surface area contributed by atoms with Crippen molar-refractivity contribution in [2.75, 3.05) is 0 Å². The van der Waals surface area contributed by atoms with E-state index in [9.17, 15) is 14.4 Å². The van der Waals surface area contributed by atoms with Gasteiger partial charge in [0.05, 0.1) is 0 Å². The highest BCUT2D eigenvalue weighted by Crippen LogP contribution is 2.71. The number of carbonyl (C=O) groups excluding carboxylic acids is 3. The van der Waals surface area contributed by atoms with E-state index in [4.69, 9.17) is 9.47 Å². The molecule has 4 saturated carbocycles. The van der Waals surface area contributed by atoms with Crippen LogP contribution in [0.25, 0.3) is 0 Å². The number of esters is 1. The van der Waals surface area contributed by atoms with Gasteiger partial charge in [-0.15, -0.1) is 0 Å². The molecular formula is C21H28O5. The zero-order chi connectivity index (χ0) is 18.5. The smallest absolute Gasteiger partial charge is 0.302 e. The summed E-state index contributed by atoms with van der Waals surface area (Å²) in [7, 11) is 0. The van der Waals surface area contributed by atoms with Crippen molar-refractivity contribution in [2.45, 2.75) is 83.5 Å². The lowest BCUT2D eigenvalue weighted by Crippen LogP contribution is -2.62. The van der Waals surface area contributed by atoms with Crippen molar-refractivity contribution >= 4 is 17.5 Å². The summed E-state index contributed by atoms with van der Waals surface area (Å²) in [5.41, 5.74) is -1.16. The summed E-state index contributed by atoms with van der Waals surface area (Å²) in [4.78, 5) is 37.2.